The fourth-order valence-corrected chi connectivity index (χ4v) is 2.57. The summed E-state index contributed by atoms with van der Waals surface area (Å²) in [6.07, 6.45) is 1.84. The lowest BCUT2D eigenvalue weighted by Gasteiger charge is -2.26. The standard InChI is InChI=1S/C15H18FN3/c1-3-12-9-15-17-7-6-14(19(15)18-12)11-5-4-10(2)13(16)8-11/h4-5,8-9,14,17H,3,6-7H2,1-2H3. The van der Waals surface area contributed by atoms with Crippen molar-refractivity contribution in [3.8, 4) is 0 Å². The molecule has 0 radical (unpaired) electrons. The molecule has 0 amide bonds. The fourth-order valence-electron chi connectivity index (χ4n) is 2.57. The minimum atomic E-state index is -0.138. The lowest BCUT2D eigenvalue weighted by Crippen LogP contribution is -2.24. The molecule has 1 aromatic carbocycles. The molecule has 1 aliphatic heterocycles. The van der Waals surface area contributed by atoms with Crippen molar-refractivity contribution < 1.29 is 4.39 Å². The van der Waals surface area contributed by atoms with E-state index in [2.05, 4.69) is 23.4 Å². The van der Waals surface area contributed by atoms with E-state index in [1.54, 1.807) is 13.0 Å². The van der Waals surface area contributed by atoms with Gasteiger partial charge in [-0.1, -0.05) is 19.1 Å². The monoisotopic (exact) mass is 259 g/mol. The van der Waals surface area contributed by atoms with E-state index in [0.717, 1.165) is 36.5 Å². The Morgan fingerprint density at radius 1 is 1.42 bits per heavy atom. The number of anilines is 1. The highest BCUT2D eigenvalue weighted by atomic mass is 19.1. The lowest BCUT2D eigenvalue weighted by atomic mass is 10.0. The van der Waals surface area contributed by atoms with E-state index in [1.165, 1.54) is 0 Å². The quantitative estimate of drug-likeness (QED) is 0.896. The fraction of sp³-hybridized carbons (Fsp3) is 0.400. The van der Waals surface area contributed by atoms with Gasteiger partial charge < -0.3 is 5.32 Å². The summed E-state index contributed by atoms with van der Waals surface area (Å²) in [7, 11) is 0. The maximum Gasteiger partial charge on any atom is 0.126 e. The van der Waals surface area contributed by atoms with E-state index in [1.807, 2.05) is 16.8 Å². The zero-order valence-electron chi connectivity index (χ0n) is 11.3. The van der Waals surface area contributed by atoms with Crippen molar-refractivity contribution >= 4 is 5.82 Å². The third-order valence-corrected chi connectivity index (χ3v) is 3.75. The van der Waals surface area contributed by atoms with Crippen LogP contribution >= 0.6 is 0 Å². The second kappa shape index (κ2) is 4.68. The van der Waals surface area contributed by atoms with Crippen LogP contribution in [0.1, 0.15) is 36.2 Å². The summed E-state index contributed by atoms with van der Waals surface area (Å²) in [6, 6.07) is 7.70. The van der Waals surface area contributed by atoms with Crippen molar-refractivity contribution in [2.24, 2.45) is 0 Å². The van der Waals surface area contributed by atoms with Gasteiger partial charge in [-0.2, -0.15) is 5.10 Å². The van der Waals surface area contributed by atoms with Gasteiger partial charge in [0.05, 0.1) is 11.7 Å². The van der Waals surface area contributed by atoms with Crippen LogP contribution in [0.25, 0.3) is 0 Å². The highest BCUT2D eigenvalue weighted by molar-refractivity contribution is 5.41. The highest BCUT2D eigenvalue weighted by Gasteiger charge is 2.23. The minimum absolute atomic E-state index is 0.131. The zero-order chi connectivity index (χ0) is 13.4. The van der Waals surface area contributed by atoms with E-state index in [4.69, 9.17) is 0 Å². The Morgan fingerprint density at radius 2 is 2.26 bits per heavy atom. The number of fused-ring (bicyclic) bond motifs is 1. The molecule has 2 heterocycles. The zero-order valence-corrected chi connectivity index (χ0v) is 11.3. The molecule has 0 saturated heterocycles. The van der Waals surface area contributed by atoms with Gasteiger partial charge in [-0.25, -0.2) is 9.07 Å². The molecule has 0 saturated carbocycles. The summed E-state index contributed by atoms with van der Waals surface area (Å²) in [4.78, 5) is 0. The van der Waals surface area contributed by atoms with Crippen molar-refractivity contribution in [3.05, 3.63) is 46.9 Å². The second-order valence-electron chi connectivity index (χ2n) is 5.06. The summed E-state index contributed by atoms with van der Waals surface area (Å²) >= 11 is 0. The van der Waals surface area contributed by atoms with Crippen LogP contribution in [0.2, 0.25) is 0 Å². The van der Waals surface area contributed by atoms with Crippen molar-refractivity contribution in [2.75, 3.05) is 11.9 Å². The number of aryl methyl sites for hydroxylation is 2. The van der Waals surface area contributed by atoms with Crippen LogP contribution in [0.5, 0.6) is 0 Å². The predicted octanol–water partition coefficient (Wildman–Crippen LogP) is 3.30. The van der Waals surface area contributed by atoms with Gasteiger partial charge in [-0.05, 0) is 37.0 Å². The maximum atomic E-state index is 13.7. The van der Waals surface area contributed by atoms with Crippen molar-refractivity contribution in [1.82, 2.24) is 9.78 Å². The number of aromatic nitrogens is 2. The highest BCUT2D eigenvalue weighted by Crippen LogP contribution is 2.30. The molecule has 1 atom stereocenters. The molecule has 3 rings (SSSR count). The van der Waals surface area contributed by atoms with Crippen molar-refractivity contribution in [2.45, 2.75) is 32.7 Å². The van der Waals surface area contributed by atoms with Crippen LogP contribution in [0.4, 0.5) is 10.2 Å². The number of benzene rings is 1. The molecular weight excluding hydrogens is 241 g/mol. The normalized spacial score (nSPS) is 17.9. The molecule has 4 heteroatoms. The van der Waals surface area contributed by atoms with Gasteiger partial charge in [-0.3, -0.25) is 0 Å². The molecule has 0 aliphatic carbocycles. The maximum absolute atomic E-state index is 13.7. The SMILES string of the molecule is CCc1cc2n(n1)C(c1ccc(C)c(F)c1)CCN2. The van der Waals surface area contributed by atoms with Crippen molar-refractivity contribution in [1.29, 1.82) is 0 Å². The Balaban J connectivity index is 2.02. The Bertz CT molecular complexity index is 603. The summed E-state index contributed by atoms with van der Waals surface area (Å²) in [5.41, 5.74) is 2.76. The second-order valence-corrected chi connectivity index (χ2v) is 5.06. The van der Waals surface area contributed by atoms with Crippen LogP contribution in [0, 0.1) is 12.7 Å². The average molecular weight is 259 g/mol. The Morgan fingerprint density at radius 3 is 3.00 bits per heavy atom. The number of hydrogen-bond acceptors (Lipinski definition) is 2. The van der Waals surface area contributed by atoms with Gasteiger partial charge in [-0.15, -0.1) is 0 Å². The van der Waals surface area contributed by atoms with E-state index in [9.17, 15) is 4.39 Å². The van der Waals surface area contributed by atoms with Gasteiger partial charge in [0, 0.05) is 12.6 Å². The summed E-state index contributed by atoms with van der Waals surface area (Å²) in [5, 5.41) is 7.96. The Hall–Kier alpha value is -1.84. The molecule has 2 aromatic rings. The third kappa shape index (κ3) is 2.11. The molecule has 1 unspecified atom stereocenters. The van der Waals surface area contributed by atoms with E-state index in [0.29, 0.717) is 5.56 Å². The van der Waals surface area contributed by atoms with Crippen LogP contribution < -0.4 is 5.32 Å². The first-order chi connectivity index (χ1) is 9.19. The molecule has 1 aliphatic rings. The van der Waals surface area contributed by atoms with Crippen LogP contribution in [0.3, 0.4) is 0 Å². The van der Waals surface area contributed by atoms with Gasteiger partial charge in [0.25, 0.3) is 0 Å². The summed E-state index contributed by atoms with van der Waals surface area (Å²) < 4.78 is 15.7. The molecule has 3 nitrogen and oxygen atoms in total. The minimum Gasteiger partial charge on any atom is -0.370 e. The van der Waals surface area contributed by atoms with E-state index < -0.39 is 0 Å². The largest absolute Gasteiger partial charge is 0.370 e. The third-order valence-electron chi connectivity index (χ3n) is 3.75. The Kier molecular flexibility index (Phi) is 3.01. The van der Waals surface area contributed by atoms with Crippen LogP contribution in [-0.4, -0.2) is 16.3 Å². The average Bonchev–Trinajstić information content (AvgIpc) is 2.85. The first kappa shape index (κ1) is 12.2. The lowest BCUT2D eigenvalue weighted by molar-refractivity contribution is 0.475. The van der Waals surface area contributed by atoms with Gasteiger partial charge in [0.1, 0.15) is 11.6 Å². The van der Waals surface area contributed by atoms with Gasteiger partial charge >= 0.3 is 0 Å². The Labute approximate surface area is 112 Å². The number of halogens is 1. The number of nitrogens with one attached hydrogen (secondary N) is 1. The predicted molar refractivity (Wildman–Crippen MR) is 74.0 cm³/mol. The first-order valence-electron chi connectivity index (χ1n) is 6.77. The molecule has 19 heavy (non-hydrogen) atoms. The van der Waals surface area contributed by atoms with Gasteiger partial charge in [0.15, 0.2) is 0 Å². The molecule has 0 bridgehead atoms. The van der Waals surface area contributed by atoms with Crippen LogP contribution in [-0.2, 0) is 6.42 Å². The molecule has 1 N–H and O–H groups in total. The van der Waals surface area contributed by atoms with Gasteiger partial charge in [0.2, 0.25) is 0 Å². The number of hydrogen-bond donors (Lipinski definition) is 1. The molecular formula is C15H18FN3. The number of nitrogens with zero attached hydrogens (tertiary/aromatic N) is 2. The van der Waals surface area contributed by atoms with Crippen LogP contribution in [0.15, 0.2) is 24.3 Å². The molecule has 100 valence electrons. The number of rotatable bonds is 2. The topological polar surface area (TPSA) is 29.9 Å². The molecule has 1 aromatic heterocycles. The first-order valence-corrected chi connectivity index (χ1v) is 6.77. The van der Waals surface area contributed by atoms with E-state index in [-0.39, 0.29) is 11.9 Å². The molecule has 0 fully saturated rings. The summed E-state index contributed by atoms with van der Waals surface area (Å²) in [5.74, 6) is 0.898. The smallest absolute Gasteiger partial charge is 0.126 e. The van der Waals surface area contributed by atoms with Crippen molar-refractivity contribution in [3.63, 3.8) is 0 Å². The summed E-state index contributed by atoms with van der Waals surface area (Å²) in [6.45, 7) is 4.78. The van der Waals surface area contributed by atoms with E-state index >= 15 is 0 Å². The molecule has 0 spiro atoms.